The number of nitriles is 1. The van der Waals surface area contributed by atoms with Crippen molar-refractivity contribution in [2.45, 2.75) is 6.92 Å². The summed E-state index contributed by atoms with van der Waals surface area (Å²) in [4.78, 5) is 18.3. The molecule has 0 unspecified atom stereocenters. The van der Waals surface area contributed by atoms with Crippen molar-refractivity contribution < 1.29 is 0 Å². The molecule has 0 aliphatic rings. The summed E-state index contributed by atoms with van der Waals surface area (Å²) in [6, 6.07) is 11.2. The van der Waals surface area contributed by atoms with E-state index in [2.05, 4.69) is 20.2 Å². The van der Waals surface area contributed by atoms with Crippen LogP contribution in [-0.2, 0) is 0 Å². The number of nitrogens with one attached hydrogen (secondary N) is 2. The van der Waals surface area contributed by atoms with Crippen molar-refractivity contribution in [1.29, 1.82) is 5.26 Å². The first-order valence-electron chi connectivity index (χ1n) is 6.29. The molecule has 1 aromatic carbocycles. The van der Waals surface area contributed by atoms with Crippen LogP contribution >= 0.6 is 0 Å². The van der Waals surface area contributed by atoms with Crippen LogP contribution < -0.4 is 5.56 Å². The average Bonchev–Trinajstić information content (AvgIpc) is 3.02. The molecule has 0 aliphatic carbocycles. The Bertz CT molecular complexity index is 870. The minimum atomic E-state index is -0.364. The number of H-pyrrole nitrogens is 2. The van der Waals surface area contributed by atoms with Crippen molar-refractivity contribution in [2.75, 3.05) is 0 Å². The van der Waals surface area contributed by atoms with E-state index in [1.165, 1.54) is 6.33 Å². The van der Waals surface area contributed by atoms with E-state index in [9.17, 15) is 4.79 Å². The predicted molar refractivity (Wildman–Crippen MR) is 77.3 cm³/mol. The molecule has 3 rings (SSSR count). The van der Waals surface area contributed by atoms with Gasteiger partial charge in [-0.05, 0) is 18.6 Å². The summed E-state index contributed by atoms with van der Waals surface area (Å²) >= 11 is 0. The smallest absolute Gasteiger partial charge is 0.266 e. The fourth-order valence-corrected chi connectivity index (χ4v) is 2.16. The van der Waals surface area contributed by atoms with Gasteiger partial charge in [-0.2, -0.15) is 10.4 Å². The molecular weight excluding hydrogens is 266 g/mol. The van der Waals surface area contributed by atoms with Crippen LogP contribution in [0.5, 0.6) is 0 Å². The number of hydrogen-bond donors (Lipinski definition) is 2. The van der Waals surface area contributed by atoms with Crippen molar-refractivity contribution >= 4 is 0 Å². The molecule has 0 aliphatic heterocycles. The lowest BCUT2D eigenvalue weighted by molar-refractivity contribution is 1.09. The summed E-state index contributed by atoms with van der Waals surface area (Å²) in [7, 11) is 0. The van der Waals surface area contributed by atoms with Crippen LogP contribution in [0.3, 0.4) is 0 Å². The topological polar surface area (TPSA) is 98.2 Å². The van der Waals surface area contributed by atoms with Crippen LogP contribution in [0.4, 0.5) is 0 Å². The molecule has 0 bridgehead atoms. The van der Waals surface area contributed by atoms with Crippen LogP contribution in [0.25, 0.3) is 22.5 Å². The van der Waals surface area contributed by atoms with E-state index in [0.717, 1.165) is 22.4 Å². The zero-order valence-corrected chi connectivity index (χ0v) is 11.2. The summed E-state index contributed by atoms with van der Waals surface area (Å²) in [5, 5.41) is 15.6. The number of nitrogens with zero attached hydrogens (tertiary/aromatic N) is 3. The van der Waals surface area contributed by atoms with Crippen molar-refractivity contribution in [3.05, 3.63) is 58.3 Å². The summed E-state index contributed by atoms with van der Waals surface area (Å²) in [5.74, 6) is 0.692. The van der Waals surface area contributed by atoms with Crippen LogP contribution in [0.15, 0.2) is 41.5 Å². The van der Waals surface area contributed by atoms with Gasteiger partial charge in [-0.3, -0.25) is 9.89 Å². The molecule has 102 valence electrons. The molecule has 0 spiro atoms. The van der Waals surface area contributed by atoms with Gasteiger partial charge < -0.3 is 4.98 Å². The third-order valence-electron chi connectivity index (χ3n) is 3.24. The monoisotopic (exact) mass is 277 g/mol. The Morgan fingerprint density at radius 1 is 1.19 bits per heavy atom. The molecule has 21 heavy (non-hydrogen) atoms. The van der Waals surface area contributed by atoms with E-state index in [1.807, 2.05) is 37.3 Å². The van der Waals surface area contributed by atoms with E-state index >= 15 is 0 Å². The number of hydrogen-bond acceptors (Lipinski definition) is 4. The Labute approximate surface area is 120 Å². The van der Waals surface area contributed by atoms with E-state index < -0.39 is 0 Å². The lowest BCUT2D eigenvalue weighted by Gasteiger charge is -2.07. The van der Waals surface area contributed by atoms with E-state index in [1.54, 1.807) is 6.07 Å². The van der Waals surface area contributed by atoms with Gasteiger partial charge in [0.05, 0.1) is 0 Å². The second-order valence-electron chi connectivity index (χ2n) is 4.57. The quantitative estimate of drug-likeness (QED) is 0.748. The molecule has 6 heteroatoms. The highest BCUT2D eigenvalue weighted by molar-refractivity contribution is 5.70. The van der Waals surface area contributed by atoms with Gasteiger partial charge in [0.25, 0.3) is 5.56 Å². The molecule has 0 atom stereocenters. The lowest BCUT2D eigenvalue weighted by atomic mass is 10.0. The molecule has 0 saturated heterocycles. The minimum absolute atomic E-state index is 0.106. The van der Waals surface area contributed by atoms with Crippen LogP contribution in [0.2, 0.25) is 0 Å². The number of benzene rings is 1. The molecular formula is C15H11N5O. The Morgan fingerprint density at radius 2 is 1.90 bits per heavy atom. The largest absolute Gasteiger partial charge is 0.325 e. The fraction of sp³-hybridized carbons (Fsp3) is 0.0667. The van der Waals surface area contributed by atoms with Gasteiger partial charge in [0, 0.05) is 16.8 Å². The Hall–Kier alpha value is -3.20. The second kappa shape index (κ2) is 5.06. The first-order chi connectivity index (χ1) is 10.2. The van der Waals surface area contributed by atoms with Crippen molar-refractivity contribution in [1.82, 2.24) is 20.2 Å². The molecule has 3 aromatic rings. The van der Waals surface area contributed by atoms with Gasteiger partial charge in [0.15, 0.2) is 5.82 Å². The zero-order valence-electron chi connectivity index (χ0n) is 11.2. The summed E-state index contributed by atoms with van der Waals surface area (Å²) in [5.41, 5.74) is 3.14. The van der Waals surface area contributed by atoms with Gasteiger partial charge in [-0.25, -0.2) is 4.98 Å². The third kappa shape index (κ3) is 2.32. The van der Waals surface area contributed by atoms with Crippen molar-refractivity contribution in [3.63, 3.8) is 0 Å². The standard InChI is InChI=1S/C15H11N5O/c1-9-13(6-12(7-16)15(21)19-9)10-2-4-11(5-3-10)14-17-8-18-20-14/h2-6,8H,1H3,(H,19,21)(H,17,18,20). The second-order valence-corrected chi connectivity index (χ2v) is 4.57. The highest BCUT2D eigenvalue weighted by Gasteiger charge is 2.08. The maximum atomic E-state index is 11.6. The molecule has 0 radical (unpaired) electrons. The van der Waals surface area contributed by atoms with E-state index in [4.69, 9.17) is 5.26 Å². The summed E-state index contributed by atoms with van der Waals surface area (Å²) < 4.78 is 0. The predicted octanol–water partition coefficient (Wildman–Crippen LogP) is 2.01. The SMILES string of the molecule is Cc1[nH]c(=O)c(C#N)cc1-c1ccc(-c2ncn[nH]2)cc1. The first-order valence-corrected chi connectivity index (χ1v) is 6.29. The highest BCUT2D eigenvalue weighted by Crippen LogP contribution is 2.24. The van der Waals surface area contributed by atoms with Crippen molar-refractivity contribution in [2.24, 2.45) is 0 Å². The zero-order chi connectivity index (χ0) is 14.8. The lowest BCUT2D eigenvalue weighted by Crippen LogP contribution is -2.11. The minimum Gasteiger partial charge on any atom is -0.325 e. The summed E-state index contributed by atoms with van der Waals surface area (Å²) in [6.07, 6.45) is 1.45. The first kappa shape index (κ1) is 12.8. The molecule has 0 saturated carbocycles. The van der Waals surface area contributed by atoms with Crippen molar-refractivity contribution in [3.8, 4) is 28.6 Å². The van der Waals surface area contributed by atoms with Gasteiger partial charge >= 0.3 is 0 Å². The molecule has 2 heterocycles. The molecule has 6 nitrogen and oxygen atoms in total. The van der Waals surface area contributed by atoms with Crippen LogP contribution in [0.1, 0.15) is 11.3 Å². The number of rotatable bonds is 2. The van der Waals surface area contributed by atoms with E-state index in [0.29, 0.717) is 5.82 Å². The van der Waals surface area contributed by atoms with Gasteiger partial charge in [-0.15, -0.1) is 0 Å². The number of aryl methyl sites for hydroxylation is 1. The van der Waals surface area contributed by atoms with Gasteiger partial charge in [-0.1, -0.05) is 24.3 Å². The maximum Gasteiger partial charge on any atom is 0.266 e. The maximum absolute atomic E-state index is 11.6. The van der Waals surface area contributed by atoms with Crippen LogP contribution in [0, 0.1) is 18.3 Å². The Balaban J connectivity index is 2.06. The Morgan fingerprint density at radius 3 is 2.52 bits per heavy atom. The average molecular weight is 277 g/mol. The summed E-state index contributed by atoms with van der Waals surface area (Å²) in [6.45, 7) is 1.81. The van der Waals surface area contributed by atoms with Gasteiger partial charge in [0.1, 0.15) is 18.0 Å². The van der Waals surface area contributed by atoms with E-state index in [-0.39, 0.29) is 11.1 Å². The Kier molecular flexibility index (Phi) is 3.09. The number of pyridine rings is 1. The third-order valence-corrected chi connectivity index (χ3v) is 3.24. The van der Waals surface area contributed by atoms with Gasteiger partial charge in [0.2, 0.25) is 0 Å². The molecule has 2 N–H and O–H groups in total. The number of aromatic amines is 2. The number of aromatic nitrogens is 4. The molecule has 0 fully saturated rings. The normalized spacial score (nSPS) is 10.3. The van der Waals surface area contributed by atoms with Crippen LogP contribution in [-0.4, -0.2) is 20.2 Å². The molecule has 2 aromatic heterocycles. The highest BCUT2D eigenvalue weighted by atomic mass is 16.1. The fourth-order valence-electron chi connectivity index (χ4n) is 2.16. The molecule has 0 amide bonds.